The van der Waals surface area contributed by atoms with Crippen LogP contribution in [0.15, 0.2) is 29.4 Å². The van der Waals surface area contributed by atoms with Crippen LogP contribution in [0, 0.1) is 27.5 Å². The maximum atomic E-state index is 12.0. The number of aryl methyl sites for hydroxylation is 2. The van der Waals surface area contributed by atoms with E-state index in [4.69, 9.17) is 14.2 Å². The number of carbonyl (C=O) groups excluding carboxylic acids is 2. The highest BCUT2D eigenvalue weighted by atomic mass is 127. The zero-order valence-corrected chi connectivity index (χ0v) is 19.4. The third-order valence-corrected chi connectivity index (χ3v) is 4.56. The lowest BCUT2D eigenvalue weighted by Gasteiger charge is -2.12. The summed E-state index contributed by atoms with van der Waals surface area (Å²) >= 11 is 2.20. The van der Waals surface area contributed by atoms with Gasteiger partial charge >= 0.3 is 11.7 Å². The van der Waals surface area contributed by atoms with Gasteiger partial charge in [0.2, 0.25) is 5.75 Å². The van der Waals surface area contributed by atoms with Gasteiger partial charge in [-0.15, -0.1) is 0 Å². The van der Waals surface area contributed by atoms with Crippen LogP contribution in [-0.2, 0) is 9.59 Å². The fourth-order valence-electron chi connectivity index (χ4n) is 2.76. The van der Waals surface area contributed by atoms with Crippen molar-refractivity contribution in [2.24, 2.45) is 5.10 Å². The molecule has 0 heterocycles. The van der Waals surface area contributed by atoms with Crippen molar-refractivity contribution < 1.29 is 28.7 Å². The van der Waals surface area contributed by atoms with E-state index in [1.165, 1.54) is 19.2 Å². The maximum Gasteiger partial charge on any atom is 0.323 e. The molecule has 2 rings (SSSR count). The molecule has 164 valence electrons. The normalized spacial score (nSPS) is 10.6. The van der Waals surface area contributed by atoms with E-state index in [2.05, 4.69) is 33.1 Å². The lowest BCUT2D eigenvalue weighted by molar-refractivity contribution is -0.385. The van der Waals surface area contributed by atoms with E-state index in [1.54, 1.807) is 0 Å². The summed E-state index contributed by atoms with van der Waals surface area (Å²) < 4.78 is 16.6. The number of esters is 1. The molecule has 0 fully saturated rings. The number of nitro groups is 1. The number of benzene rings is 2. The molecular weight excluding hydrogens is 521 g/mol. The van der Waals surface area contributed by atoms with Gasteiger partial charge < -0.3 is 14.2 Å². The van der Waals surface area contributed by atoms with E-state index in [0.717, 1.165) is 27.8 Å². The summed E-state index contributed by atoms with van der Waals surface area (Å²) in [6, 6.07) is 6.53. The predicted octanol–water partition coefficient (Wildman–Crippen LogP) is 3.28. The SMILES string of the molecule is COc1c(OC(C)=O)ccc(C=NNC(=O)COc2c(C)cc(I)cc2C)c1[N+](=O)[O-]. The van der Waals surface area contributed by atoms with Gasteiger partial charge in [0.25, 0.3) is 5.91 Å². The Morgan fingerprint density at radius 2 is 1.87 bits per heavy atom. The summed E-state index contributed by atoms with van der Waals surface area (Å²) in [6.45, 7) is 4.65. The number of nitrogens with one attached hydrogen (secondary N) is 1. The zero-order chi connectivity index (χ0) is 23.1. The van der Waals surface area contributed by atoms with Crippen LogP contribution in [0.1, 0.15) is 23.6 Å². The molecular formula is C20H20IN3O7. The van der Waals surface area contributed by atoms with Gasteiger partial charge in [-0.1, -0.05) is 0 Å². The Hall–Kier alpha value is -3.22. The minimum Gasteiger partial charge on any atom is -0.488 e. The highest BCUT2D eigenvalue weighted by molar-refractivity contribution is 14.1. The molecule has 1 amide bonds. The van der Waals surface area contributed by atoms with Crippen LogP contribution < -0.4 is 19.6 Å². The first-order valence-corrected chi connectivity index (χ1v) is 9.97. The van der Waals surface area contributed by atoms with Crippen molar-refractivity contribution in [1.82, 2.24) is 5.43 Å². The summed E-state index contributed by atoms with van der Waals surface area (Å²) in [7, 11) is 1.21. The lowest BCUT2D eigenvalue weighted by atomic mass is 10.1. The largest absolute Gasteiger partial charge is 0.488 e. The number of hydrogen-bond donors (Lipinski definition) is 1. The molecule has 0 spiro atoms. The average Bonchev–Trinajstić information content (AvgIpc) is 2.67. The van der Waals surface area contributed by atoms with Gasteiger partial charge in [-0.3, -0.25) is 19.7 Å². The van der Waals surface area contributed by atoms with Crippen LogP contribution in [0.2, 0.25) is 0 Å². The predicted molar refractivity (Wildman–Crippen MR) is 121 cm³/mol. The molecule has 0 aromatic heterocycles. The fraction of sp³-hybridized carbons (Fsp3) is 0.250. The smallest absolute Gasteiger partial charge is 0.323 e. The molecule has 0 atom stereocenters. The molecule has 11 heteroatoms. The number of hydrazone groups is 1. The minimum absolute atomic E-state index is 0.0447. The highest BCUT2D eigenvalue weighted by Gasteiger charge is 2.25. The molecule has 2 aromatic carbocycles. The first-order valence-electron chi connectivity index (χ1n) is 8.89. The molecule has 0 aliphatic heterocycles. The van der Waals surface area contributed by atoms with Crippen molar-refractivity contribution in [3.63, 3.8) is 0 Å². The van der Waals surface area contributed by atoms with E-state index >= 15 is 0 Å². The van der Waals surface area contributed by atoms with Crippen molar-refractivity contribution in [3.8, 4) is 17.2 Å². The summed E-state index contributed by atoms with van der Waals surface area (Å²) in [5.41, 5.74) is 3.64. The van der Waals surface area contributed by atoms with Crippen molar-refractivity contribution in [1.29, 1.82) is 0 Å². The number of hydrogen-bond acceptors (Lipinski definition) is 8. The van der Waals surface area contributed by atoms with E-state index < -0.39 is 22.5 Å². The number of ether oxygens (including phenoxy) is 3. The standard InChI is InChI=1S/C20H20IN3O7/c1-11-7-15(21)8-12(2)19(11)30-10-17(26)23-22-9-14-5-6-16(31-13(3)25)20(29-4)18(14)24(27)28/h5-9H,10H2,1-4H3,(H,23,26). The Labute approximate surface area is 191 Å². The summed E-state index contributed by atoms with van der Waals surface area (Å²) in [6.07, 6.45) is 1.09. The van der Waals surface area contributed by atoms with E-state index in [-0.39, 0.29) is 23.7 Å². The molecule has 0 radical (unpaired) electrons. The summed E-state index contributed by atoms with van der Waals surface area (Å²) in [4.78, 5) is 34.0. The molecule has 0 saturated carbocycles. The second-order valence-electron chi connectivity index (χ2n) is 6.34. The van der Waals surface area contributed by atoms with Gasteiger partial charge in [0.05, 0.1) is 23.8 Å². The van der Waals surface area contributed by atoms with Crippen molar-refractivity contribution in [2.75, 3.05) is 13.7 Å². The van der Waals surface area contributed by atoms with Crippen LogP contribution >= 0.6 is 22.6 Å². The number of rotatable bonds is 8. The van der Waals surface area contributed by atoms with Gasteiger partial charge in [0.15, 0.2) is 12.4 Å². The number of methoxy groups -OCH3 is 1. The third-order valence-electron chi connectivity index (χ3n) is 3.93. The molecule has 0 bridgehead atoms. The molecule has 31 heavy (non-hydrogen) atoms. The molecule has 0 saturated heterocycles. The Kier molecular flexibility index (Phi) is 8.30. The van der Waals surface area contributed by atoms with Crippen molar-refractivity contribution >= 4 is 46.4 Å². The van der Waals surface area contributed by atoms with Crippen molar-refractivity contribution in [3.05, 3.63) is 54.6 Å². The van der Waals surface area contributed by atoms with Gasteiger partial charge in [-0.2, -0.15) is 5.10 Å². The Morgan fingerprint density at radius 3 is 2.42 bits per heavy atom. The number of halogens is 1. The van der Waals surface area contributed by atoms with E-state index in [1.807, 2.05) is 26.0 Å². The molecule has 2 aromatic rings. The van der Waals surface area contributed by atoms with Gasteiger partial charge in [0, 0.05) is 10.5 Å². The molecule has 0 unspecified atom stereocenters. The first kappa shape index (κ1) is 24.1. The molecule has 0 aliphatic rings. The van der Waals surface area contributed by atoms with Crippen LogP contribution in [0.4, 0.5) is 5.69 Å². The van der Waals surface area contributed by atoms with E-state index in [9.17, 15) is 19.7 Å². The number of nitrogens with zero attached hydrogens (tertiary/aromatic N) is 2. The monoisotopic (exact) mass is 541 g/mol. The maximum absolute atomic E-state index is 12.0. The van der Waals surface area contributed by atoms with E-state index in [0.29, 0.717) is 5.75 Å². The number of amides is 1. The zero-order valence-electron chi connectivity index (χ0n) is 17.2. The second kappa shape index (κ2) is 10.7. The first-order chi connectivity index (χ1) is 14.6. The number of carbonyl (C=O) groups is 2. The van der Waals surface area contributed by atoms with Crippen LogP contribution in [0.3, 0.4) is 0 Å². The fourth-order valence-corrected chi connectivity index (χ4v) is 3.70. The summed E-state index contributed by atoms with van der Waals surface area (Å²) in [5, 5.41) is 15.2. The Balaban J connectivity index is 2.12. The van der Waals surface area contributed by atoms with Crippen LogP contribution in [0.5, 0.6) is 17.2 Å². The van der Waals surface area contributed by atoms with Crippen molar-refractivity contribution in [2.45, 2.75) is 20.8 Å². The second-order valence-corrected chi connectivity index (χ2v) is 7.58. The third kappa shape index (κ3) is 6.38. The molecule has 10 nitrogen and oxygen atoms in total. The lowest BCUT2D eigenvalue weighted by Crippen LogP contribution is -2.25. The Morgan fingerprint density at radius 1 is 1.23 bits per heavy atom. The Bertz CT molecular complexity index is 1030. The van der Waals surface area contributed by atoms with Gasteiger partial charge in [-0.25, -0.2) is 5.43 Å². The van der Waals surface area contributed by atoms with Crippen LogP contribution in [-0.4, -0.2) is 36.7 Å². The average molecular weight is 541 g/mol. The van der Waals surface area contributed by atoms with Gasteiger partial charge in [0.1, 0.15) is 5.75 Å². The summed E-state index contributed by atoms with van der Waals surface area (Å²) in [5.74, 6) is -0.913. The highest BCUT2D eigenvalue weighted by Crippen LogP contribution is 2.39. The molecule has 1 N–H and O–H groups in total. The van der Waals surface area contributed by atoms with Crippen LogP contribution in [0.25, 0.3) is 0 Å². The topological polar surface area (TPSA) is 129 Å². The number of nitro benzene ring substituents is 1. The minimum atomic E-state index is -0.694. The quantitative estimate of drug-likeness (QED) is 0.136. The molecule has 0 aliphatic carbocycles. The van der Waals surface area contributed by atoms with Gasteiger partial charge in [-0.05, 0) is 71.8 Å².